The maximum absolute atomic E-state index is 12.0. The molecule has 1 fully saturated rings. The maximum atomic E-state index is 12.0. The molecule has 4 nitrogen and oxygen atoms in total. The third-order valence-electron chi connectivity index (χ3n) is 2.23. The summed E-state index contributed by atoms with van der Waals surface area (Å²) in [7, 11) is 1.40. The molecule has 0 spiro atoms. The highest BCUT2D eigenvalue weighted by atomic mass is 16.5. The van der Waals surface area contributed by atoms with Crippen molar-refractivity contribution < 1.29 is 21.9 Å². The summed E-state index contributed by atoms with van der Waals surface area (Å²) < 4.78 is 75.4. The van der Waals surface area contributed by atoms with Crippen molar-refractivity contribution in [2.45, 2.75) is 19.6 Å². The predicted molar refractivity (Wildman–Crippen MR) is 55.1 cm³/mol. The molecule has 2 rings (SSSR count). The van der Waals surface area contributed by atoms with Gasteiger partial charge in [0.15, 0.2) is 0 Å². The Labute approximate surface area is 102 Å². The first-order valence-electron chi connectivity index (χ1n) is 8.85. The smallest absolute Gasteiger partial charge is 0.309 e. The van der Waals surface area contributed by atoms with Crippen LogP contribution in [0.3, 0.4) is 0 Å². The van der Waals surface area contributed by atoms with Crippen LogP contribution in [0.2, 0.25) is 0 Å². The van der Waals surface area contributed by atoms with Gasteiger partial charge in [-0.2, -0.15) is 0 Å². The first-order valence-corrected chi connectivity index (χ1v) is 4.35. The zero-order valence-corrected chi connectivity index (χ0v) is 8.13. The molecular weight excluding hydrogens is 192 g/mol. The fourth-order valence-electron chi connectivity index (χ4n) is 1.38. The lowest BCUT2D eigenvalue weighted by atomic mass is 9.89. The van der Waals surface area contributed by atoms with E-state index in [1.807, 2.05) is 0 Å². The van der Waals surface area contributed by atoms with Crippen LogP contribution in [0.4, 0.5) is 0 Å². The SMILES string of the molecule is [2H]c1nc([2H])n(C)c1C[C@@]1([2H])COC(=O)[C@@]1([2H])C([2H])([2H])C([2H])([2H])[2H]. The zero-order valence-electron chi connectivity index (χ0n) is 17.1. The van der Waals surface area contributed by atoms with Gasteiger partial charge in [-0.25, -0.2) is 4.98 Å². The van der Waals surface area contributed by atoms with E-state index in [0.29, 0.717) is 0 Å². The number of cyclic esters (lactones) is 1. The van der Waals surface area contributed by atoms with Crippen molar-refractivity contribution in [3.63, 3.8) is 0 Å². The van der Waals surface area contributed by atoms with E-state index in [2.05, 4.69) is 9.72 Å². The first-order chi connectivity index (χ1) is 10.7. The Hall–Kier alpha value is -1.32. The molecule has 15 heavy (non-hydrogen) atoms. The molecule has 0 unspecified atom stereocenters. The van der Waals surface area contributed by atoms with E-state index >= 15 is 0 Å². The van der Waals surface area contributed by atoms with Crippen molar-refractivity contribution in [2.24, 2.45) is 18.8 Å². The van der Waals surface area contributed by atoms with Gasteiger partial charge < -0.3 is 9.30 Å². The molecular formula is C11H16N2O2. The van der Waals surface area contributed by atoms with Crippen molar-refractivity contribution in [3.8, 4) is 0 Å². The number of hydrogen-bond donors (Lipinski definition) is 0. The molecule has 1 saturated heterocycles. The molecule has 2 heterocycles. The van der Waals surface area contributed by atoms with Gasteiger partial charge in [-0.3, -0.25) is 4.79 Å². The first kappa shape index (κ1) is 3.92. The maximum Gasteiger partial charge on any atom is 0.309 e. The standard InChI is InChI=1S/C11H16N2O2/c1-3-10-8(6-15-11(10)14)4-9-5-12-7-13(9)2/h5,7-8,10H,3-4,6H2,1-2H3/t8-,10-/m0/s1/i1D3,3D2,5D,7D,8D,10D. The van der Waals surface area contributed by atoms with Crippen molar-refractivity contribution >= 4 is 5.97 Å². The number of carbonyl (C=O) groups excluding carboxylic acids is 1. The number of hydrogen-bond acceptors (Lipinski definition) is 3. The zero-order chi connectivity index (χ0) is 18.7. The van der Waals surface area contributed by atoms with Crippen LogP contribution < -0.4 is 0 Å². The monoisotopic (exact) mass is 217 g/mol. The molecule has 0 aromatic carbocycles. The van der Waals surface area contributed by atoms with Gasteiger partial charge in [0.25, 0.3) is 0 Å². The fraction of sp³-hybridized carbons (Fsp3) is 0.636. The Morgan fingerprint density at radius 2 is 2.87 bits per heavy atom. The summed E-state index contributed by atoms with van der Waals surface area (Å²) in [6.45, 7) is -4.02. The number of rotatable bonds is 3. The number of aromatic nitrogens is 2. The highest BCUT2D eigenvalue weighted by Crippen LogP contribution is 2.27. The van der Waals surface area contributed by atoms with Crippen LogP contribution in [-0.4, -0.2) is 22.1 Å². The van der Waals surface area contributed by atoms with Gasteiger partial charge in [0.2, 0.25) is 0 Å². The van der Waals surface area contributed by atoms with E-state index in [0.717, 1.165) is 4.57 Å². The largest absolute Gasteiger partial charge is 0.465 e. The van der Waals surface area contributed by atoms with Crippen molar-refractivity contribution in [1.29, 1.82) is 0 Å². The molecule has 0 radical (unpaired) electrons. The lowest BCUT2D eigenvalue weighted by Crippen LogP contribution is -2.18. The number of carbonyl (C=O) groups is 1. The topological polar surface area (TPSA) is 44.1 Å². The Kier molecular flexibility index (Phi) is 1.06. The molecule has 0 bridgehead atoms. The number of nitrogens with zero attached hydrogens (tertiary/aromatic N) is 2. The van der Waals surface area contributed by atoms with Gasteiger partial charge in [-0.15, -0.1) is 0 Å². The quantitative estimate of drug-likeness (QED) is 0.714. The molecule has 82 valence electrons. The summed E-state index contributed by atoms with van der Waals surface area (Å²) in [5, 5.41) is 0. The van der Waals surface area contributed by atoms with E-state index in [1.54, 1.807) is 0 Å². The van der Waals surface area contributed by atoms with Crippen LogP contribution in [0, 0.1) is 11.8 Å². The Balaban J connectivity index is 2.57. The van der Waals surface area contributed by atoms with E-state index in [4.69, 9.17) is 12.3 Å². The Morgan fingerprint density at radius 3 is 3.53 bits per heavy atom. The summed E-state index contributed by atoms with van der Waals surface area (Å²) >= 11 is 0. The normalized spacial score (nSPS) is 45.9. The lowest BCUT2D eigenvalue weighted by molar-refractivity contribution is -0.141. The highest BCUT2D eigenvalue weighted by molar-refractivity contribution is 5.74. The van der Waals surface area contributed by atoms with Crippen LogP contribution >= 0.6 is 0 Å². The van der Waals surface area contributed by atoms with Gasteiger partial charge >= 0.3 is 5.97 Å². The molecule has 1 aliphatic rings. The van der Waals surface area contributed by atoms with Crippen LogP contribution in [0.5, 0.6) is 0 Å². The molecule has 1 aromatic rings. The molecule has 4 heteroatoms. The van der Waals surface area contributed by atoms with Crippen molar-refractivity contribution in [3.05, 3.63) is 18.2 Å². The predicted octanol–water partition coefficient (Wildman–Crippen LogP) is 1.16. The second-order valence-electron chi connectivity index (χ2n) is 3.19. The minimum absolute atomic E-state index is 0.0197. The molecule has 2 atom stereocenters. The average molecular weight is 217 g/mol. The molecule has 0 N–H and O–H groups in total. The van der Waals surface area contributed by atoms with E-state index < -0.39 is 44.0 Å². The van der Waals surface area contributed by atoms with Crippen LogP contribution in [0.1, 0.15) is 31.3 Å². The minimum atomic E-state index is -3.35. The lowest BCUT2D eigenvalue weighted by Gasteiger charge is -2.12. The summed E-state index contributed by atoms with van der Waals surface area (Å²) in [6.07, 6.45) is -4.51. The summed E-state index contributed by atoms with van der Waals surface area (Å²) in [4.78, 5) is 15.6. The molecule has 0 aliphatic carbocycles. The highest BCUT2D eigenvalue weighted by Gasteiger charge is 2.35. The number of esters is 1. The van der Waals surface area contributed by atoms with Crippen LogP contribution in [0.25, 0.3) is 0 Å². The number of imidazole rings is 1. The fourth-order valence-corrected chi connectivity index (χ4v) is 1.38. The summed E-state index contributed by atoms with van der Waals surface area (Å²) in [5.74, 6) is -6.75. The van der Waals surface area contributed by atoms with Gasteiger partial charge in [0, 0.05) is 34.4 Å². The van der Waals surface area contributed by atoms with E-state index in [1.165, 1.54) is 7.05 Å². The Bertz CT molecular complexity index is 686. The van der Waals surface area contributed by atoms with E-state index in [-0.39, 0.29) is 18.2 Å². The van der Waals surface area contributed by atoms with Gasteiger partial charge in [0.05, 0.1) is 20.2 Å². The third-order valence-corrected chi connectivity index (χ3v) is 2.23. The van der Waals surface area contributed by atoms with Crippen molar-refractivity contribution in [1.82, 2.24) is 9.55 Å². The Morgan fingerprint density at radius 1 is 2.00 bits per heavy atom. The van der Waals surface area contributed by atoms with Crippen LogP contribution in [0.15, 0.2) is 12.5 Å². The second kappa shape index (κ2) is 4.04. The summed E-state index contributed by atoms with van der Waals surface area (Å²) in [5.41, 5.74) is 0.0197. The van der Waals surface area contributed by atoms with Gasteiger partial charge in [-0.05, 0) is 12.8 Å². The molecule has 1 aromatic heterocycles. The minimum Gasteiger partial charge on any atom is -0.465 e. The second-order valence-corrected chi connectivity index (χ2v) is 3.19. The average Bonchev–Trinajstić information content (AvgIpc) is 2.81. The summed E-state index contributed by atoms with van der Waals surface area (Å²) in [6, 6.07) is 0. The molecule has 0 saturated carbocycles. The molecule has 0 amide bonds. The van der Waals surface area contributed by atoms with Gasteiger partial charge in [0.1, 0.15) is 1.37 Å². The van der Waals surface area contributed by atoms with Crippen LogP contribution in [-0.2, 0) is 23.0 Å². The van der Waals surface area contributed by atoms with E-state index in [9.17, 15) is 4.79 Å². The van der Waals surface area contributed by atoms with Gasteiger partial charge in [-0.1, -0.05) is 6.85 Å². The van der Waals surface area contributed by atoms with Crippen molar-refractivity contribution in [2.75, 3.05) is 6.61 Å². The number of ether oxygens (including phenoxy) is 1. The molecule has 1 aliphatic heterocycles. The third kappa shape index (κ3) is 1.89.